The van der Waals surface area contributed by atoms with Gasteiger partial charge in [-0.25, -0.2) is 4.79 Å². The number of carbonyl (C=O) groups is 2. The van der Waals surface area contributed by atoms with Crippen molar-refractivity contribution in [3.05, 3.63) is 34.3 Å². The van der Waals surface area contributed by atoms with Crippen LogP contribution in [0.25, 0.3) is 0 Å². The van der Waals surface area contributed by atoms with Crippen molar-refractivity contribution in [2.45, 2.75) is 45.8 Å². The minimum Gasteiger partial charge on any atom is -0.479 e. The molecule has 2 atom stereocenters. The number of carboxylic acids is 1. The Morgan fingerprint density at radius 3 is 2.52 bits per heavy atom. The Hall–Kier alpha value is -1.59. The average Bonchev–Trinajstić information content (AvgIpc) is 2.44. The van der Waals surface area contributed by atoms with Crippen LogP contribution in [0.5, 0.6) is 0 Å². The third-order valence-electron chi connectivity index (χ3n) is 4.76. The number of nitrogens with one attached hydrogen (secondary N) is 1. The normalized spacial score (nSPS) is 25.5. The lowest BCUT2D eigenvalue weighted by atomic mass is 9.54. The number of rotatable bonds is 5. The number of aliphatic carboxylic acids is 1. The van der Waals surface area contributed by atoms with E-state index in [1.165, 1.54) is 6.07 Å². The molecule has 1 amide bonds. The maximum atomic E-state index is 12.5. The Morgan fingerprint density at radius 2 is 2.04 bits per heavy atom. The summed E-state index contributed by atoms with van der Waals surface area (Å²) in [5, 5.41) is 12.9. The van der Waals surface area contributed by atoms with E-state index in [-0.39, 0.29) is 12.5 Å². The van der Waals surface area contributed by atoms with Crippen molar-refractivity contribution in [2.75, 3.05) is 6.61 Å². The van der Waals surface area contributed by atoms with E-state index >= 15 is 0 Å². The molecule has 2 rings (SSSR count). The first kappa shape index (κ1) is 17.8. The Bertz CT molecular complexity index is 623. The van der Waals surface area contributed by atoms with Gasteiger partial charge in [0.25, 0.3) is 5.91 Å². The van der Waals surface area contributed by atoms with Crippen molar-refractivity contribution < 1.29 is 19.4 Å². The Balaban J connectivity index is 2.28. The van der Waals surface area contributed by atoms with Gasteiger partial charge in [-0.05, 0) is 37.6 Å². The minimum absolute atomic E-state index is 0.204. The van der Waals surface area contributed by atoms with E-state index in [4.69, 9.17) is 16.3 Å². The zero-order valence-electron chi connectivity index (χ0n) is 13.8. The lowest BCUT2D eigenvalue weighted by molar-refractivity contribution is -0.190. The third-order valence-corrected chi connectivity index (χ3v) is 4.98. The maximum absolute atomic E-state index is 12.5. The van der Waals surface area contributed by atoms with E-state index in [9.17, 15) is 14.7 Å². The number of amides is 1. The minimum atomic E-state index is -1.35. The van der Waals surface area contributed by atoms with Crippen molar-refractivity contribution in [3.63, 3.8) is 0 Å². The monoisotopic (exact) mass is 339 g/mol. The largest absolute Gasteiger partial charge is 0.479 e. The molecular weight excluding hydrogens is 318 g/mol. The molecule has 1 fully saturated rings. The highest BCUT2D eigenvalue weighted by Crippen LogP contribution is 2.51. The summed E-state index contributed by atoms with van der Waals surface area (Å²) in [6.07, 6.45) is 0.0408. The Kier molecular flexibility index (Phi) is 4.74. The summed E-state index contributed by atoms with van der Waals surface area (Å²) in [7, 11) is 0. The number of carboxylic acid groups (broad SMARTS) is 1. The van der Waals surface area contributed by atoms with Crippen LogP contribution in [0, 0.1) is 12.3 Å². The summed E-state index contributed by atoms with van der Waals surface area (Å²) in [5.74, 6) is -1.49. The first-order valence-electron chi connectivity index (χ1n) is 7.58. The van der Waals surface area contributed by atoms with E-state index in [1.807, 2.05) is 13.8 Å². The highest BCUT2D eigenvalue weighted by molar-refractivity contribution is 6.31. The first-order valence-corrected chi connectivity index (χ1v) is 7.96. The number of halogens is 1. The number of carbonyl (C=O) groups excluding carboxylic acids is 1. The maximum Gasteiger partial charge on any atom is 0.330 e. The van der Waals surface area contributed by atoms with Gasteiger partial charge in [0.1, 0.15) is 5.54 Å². The van der Waals surface area contributed by atoms with Crippen LogP contribution in [0.15, 0.2) is 18.2 Å². The predicted octanol–water partition coefficient (Wildman–Crippen LogP) is 3.04. The van der Waals surface area contributed by atoms with E-state index in [0.717, 1.165) is 5.56 Å². The van der Waals surface area contributed by atoms with Crippen LogP contribution in [-0.2, 0) is 9.53 Å². The summed E-state index contributed by atoms with van der Waals surface area (Å²) in [4.78, 5) is 24.4. The molecule has 0 spiro atoms. The van der Waals surface area contributed by atoms with Crippen LogP contribution in [0.4, 0.5) is 0 Å². The van der Waals surface area contributed by atoms with E-state index < -0.39 is 22.8 Å². The number of hydrogen-bond donors (Lipinski definition) is 2. The van der Waals surface area contributed by atoms with Gasteiger partial charge in [-0.2, -0.15) is 0 Å². The smallest absolute Gasteiger partial charge is 0.330 e. The molecular formula is C17H22ClNO4. The van der Waals surface area contributed by atoms with Crippen molar-refractivity contribution in [3.8, 4) is 0 Å². The SMILES string of the molecule is CCOC1CC(NC(=O)c2cc(C)cc(Cl)c2)(C(=O)O)C1(C)C. The van der Waals surface area contributed by atoms with Gasteiger partial charge in [0.2, 0.25) is 0 Å². The zero-order chi connectivity index (χ0) is 17.4. The van der Waals surface area contributed by atoms with Gasteiger partial charge in [0, 0.05) is 29.0 Å². The molecule has 0 saturated heterocycles. The van der Waals surface area contributed by atoms with Crippen molar-refractivity contribution in [2.24, 2.45) is 5.41 Å². The Labute approximate surface area is 141 Å². The summed E-state index contributed by atoms with van der Waals surface area (Å²) in [6, 6.07) is 4.96. The zero-order valence-corrected chi connectivity index (χ0v) is 14.5. The molecule has 1 aliphatic rings. The fraction of sp³-hybridized carbons (Fsp3) is 0.529. The van der Waals surface area contributed by atoms with Gasteiger partial charge in [-0.15, -0.1) is 0 Å². The summed E-state index contributed by atoms with van der Waals surface area (Å²) in [6.45, 7) is 7.80. The van der Waals surface area contributed by atoms with Gasteiger partial charge < -0.3 is 15.2 Å². The molecule has 126 valence electrons. The van der Waals surface area contributed by atoms with Gasteiger partial charge in [0.05, 0.1) is 6.10 Å². The summed E-state index contributed by atoms with van der Waals surface area (Å²) in [5.41, 5.74) is -0.864. The molecule has 6 heteroatoms. The molecule has 1 aromatic carbocycles. The molecule has 1 aliphatic carbocycles. The highest BCUT2D eigenvalue weighted by atomic mass is 35.5. The molecule has 0 aliphatic heterocycles. The van der Waals surface area contributed by atoms with Crippen LogP contribution in [0.2, 0.25) is 5.02 Å². The van der Waals surface area contributed by atoms with Crippen LogP contribution in [0.1, 0.15) is 43.1 Å². The van der Waals surface area contributed by atoms with E-state index in [2.05, 4.69) is 5.32 Å². The second kappa shape index (κ2) is 6.13. The quantitative estimate of drug-likeness (QED) is 0.864. The van der Waals surface area contributed by atoms with Crippen LogP contribution < -0.4 is 5.32 Å². The van der Waals surface area contributed by atoms with Crippen molar-refractivity contribution in [1.82, 2.24) is 5.32 Å². The fourth-order valence-electron chi connectivity index (χ4n) is 3.17. The van der Waals surface area contributed by atoms with Crippen LogP contribution in [-0.4, -0.2) is 35.2 Å². The summed E-state index contributed by atoms with van der Waals surface area (Å²) >= 11 is 5.98. The fourth-order valence-corrected chi connectivity index (χ4v) is 3.46. The standard InChI is InChI=1S/C17H22ClNO4/c1-5-23-13-9-17(15(21)22,16(13,3)4)19-14(20)11-6-10(2)7-12(18)8-11/h6-8,13H,5,9H2,1-4H3,(H,19,20)(H,21,22). The number of aryl methyl sites for hydroxylation is 1. The molecule has 2 unspecified atom stereocenters. The second-order valence-corrected chi connectivity index (χ2v) is 6.99. The van der Waals surface area contributed by atoms with E-state index in [0.29, 0.717) is 17.2 Å². The first-order chi connectivity index (χ1) is 10.6. The molecule has 23 heavy (non-hydrogen) atoms. The van der Waals surface area contributed by atoms with Gasteiger partial charge >= 0.3 is 5.97 Å². The average molecular weight is 340 g/mol. The molecule has 2 N–H and O–H groups in total. The van der Waals surface area contributed by atoms with Crippen molar-refractivity contribution >= 4 is 23.5 Å². The van der Waals surface area contributed by atoms with Crippen LogP contribution >= 0.6 is 11.6 Å². The molecule has 0 aromatic heterocycles. The van der Waals surface area contributed by atoms with Gasteiger partial charge in [-0.1, -0.05) is 25.4 Å². The number of ether oxygens (including phenoxy) is 1. The topological polar surface area (TPSA) is 75.6 Å². The summed E-state index contributed by atoms with van der Waals surface area (Å²) < 4.78 is 5.59. The number of hydrogen-bond acceptors (Lipinski definition) is 3. The molecule has 0 radical (unpaired) electrons. The lowest BCUT2D eigenvalue weighted by Crippen LogP contribution is -2.76. The van der Waals surface area contributed by atoms with Crippen LogP contribution in [0.3, 0.4) is 0 Å². The molecule has 1 aromatic rings. The molecule has 1 saturated carbocycles. The lowest BCUT2D eigenvalue weighted by Gasteiger charge is -2.58. The van der Waals surface area contributed by atoms with Crippen molar-refractivity contribution in [1.29, 1.82) is 0 Å². The Morgan fingerprint density at radius 1 is 1.39 bits per heavy atom. The highest BCUT2D eigenvalue weighted by Gasteiger charge is 2.66. The molecule has 0 heterocycles. The van der Waals surface area contributed by atoms with Gasteiger partial charge in [0.15, 0.2) is 0 Å². The molecule has 5 nitrogen and oxygen atoms in total. The van der Waals surface area contributed by atoms with E-state index in [1.54, 1.807) is 26.0 Å². The predicted molar refractivity (Wildman–Crippen MR) is 87.8 cm³/mol. The third kappa shape index (κ3) is 2.95. The van der Waals surface area contributed by atoms with Gasteiger partial charge in [-0.3, -0.25) is 4.79 Å². The second-order valence-electron chi connectivity index (χ2n) is 6.55. The molecule has 0 bridgehead atoms. The number of benzene rings is 1.